The number of hydrogen-bond acceptors (Lipinski definition) is 5. The van der Waals surface area contributed by atoms with Crippen molar-refractivity contribution < 1.29 is 4.42 Å². The first-order chi connectivity index (χ1) is 8.24. The van der Waals surface area contributed by atoms with Crippen molar-refractivity contribution in [1.82, 2.24) is 10.2 Å². The Bertz CT molecular complexity index is 478. The zero-order valence-electron chi connectivity index (χ0n) is 10.1. The maximum Gasteiger partial charge on any atom is 0.322 e. The highest BCUT2D eigenvalue weighted by Gasteiger charge is 2.13. The lowest BCUT2D eigenvalue weighted by Crippen LogP contribution is -2.16. The number of hydrogen-bond donors (Lipinski definition) is 1. The van der Waals surface area contributed by atoms with E-state index in [1.807, 2.05) is 24.0 Å². The van der Waals surface area contributed by atoms with Crippen LogP contribution in [0.25, 0.3) is 0 Å². The molecule has 0 amide bonds. The number of nitrogens with two attached hydrogens (primary N) is 1. The number of anilines is 2. The van der Waals surface area contributed by atoms with Crippen LogP contribution in [0, 0.1) is 6.92 Å². The second-order valence-corrected chi connectivity index (χ2v) is 3.76. The largest absolute Gasteiger partial charge is 0.406 e. The maximum absolute atomic E-state index is 5.45. The highest BCUT2D eigenvalue weighted by molar-refractivity contribution is 5.55. The van der Waals surface area contributed by atoms with E-state index in [9.17, 15) is 0 Å². The second kappa shape index (κ2) is 4.97. The quantitative estimate of drug-likeness (QED) is 0.873. The van der Waals surface area contributed by atoms with E-state index in [4.69, 9.17) is 10.2 Å². The van der Waals surface area contributed by atoms with Gasteiger partial charge in [0, 0.05) is 12.2 Å². The van der Waals surface area contributed by atoms with Crippen molar-refractivity contribution in [3.63, 3.8) is 0 Å². The number of benzene rings is 1. The molecule has 0 aliphatic carbocycles. The molecule has 1 heterocycles. The molecule has 2 aromatic rings. The van der Waals surface area contributed by atoms with Crippen LogP contribution in [0.15, 0.2) is 28.7 Å². The average Bonchev–Trinajstić information content (AvgIpc) is 2.81. The van der Waals surface area contributed by atoms with Gasteiger partial charge in [0.05, 0.1) is 6.54 Å². The molecule has 0 unspecified atom stereocenters. The van der Waals surface area contributed by atoms with Gasteiger partial charge in [-0.1, -0.05) is 22.8 Å². The third-order valence-corrected chi connectivity index (χ3v) is 2.52. The van der Waals surface area contributed by atoms with Crippen LogP contribution in [-0.4, -0.2) is 16.7 Å². The monoisotopic (exact) mass is 232 g/mol. The van der Waals surface area contributed by atoms with E-state index < -0.39 is 0 Å². The molecule has 0 aliphatic heterocycles. The molecule has 2 rings (SSSR count). The summed E-state index contributed by atoms with van der Waals surface area (Å²) in [5.41, 5.74) is 7.70. The van der Waals surface area contributed by atoms with Crippen LogP contribution in [-0.2, 0) is 6.54 Å². The Labute approximate surface area is 100 Å². The number of aryl methyl sites for hydroxylation is 1. The summed E-state index contributed by atoms with van der Waals surface area (Å²) >= 11 is 0. The summed E-state index contributed by atoms with van der Waals surface area (Å²) in [6, 6.07) is 8.66. The highest BCUT2D eigenvalue weighted by atomic mass is 16.4. The summed E-state index contributed by atoms with van der Waals surface area (Å²) < 4.78 is 5.45. The Morgan fingerprint density at radius 1 is 1.24 bits per heavy atom. The van der Waals surface area contributed by atoms with Gasteiger partial charge in [0.15, 0.2) is 0 Å². The standard InChI is InChI=1S/C12H16N4O/c1-3-16(10-6-4-9(2)5-7-10)12-15-14-11(8-13)17-12/h4-7H,3,8,13H2,1-2H3. The van der Waals surface area contributed by atoms with Crippen LogP contribution < -0.4 is 10.6 Å². The third-order valence-electron chi connectivity index (χ3n) is 2.52. The lowest BCUT2D eigenvalue weighted by atomic mass is 10.2. The van der Waals surface area contributed by atoms with Gasteiger partial charge in [0.2, 0.25) is 5.89 Å². The Morgan fingerprint density at radius 2 is 1.94 bits per heavy atom. The Balaban J connectivity index is 2.29. The zero-order valence-corrected chi connectivity index (χ0v) is 10.1. The summed E-state index contributed by atoms with van der Waals surface area (Å²) in [5.74, 6) is 0.450. The van der Waals surface area contributed by atoms with Crippen molar-refractivity contribution in [3.05, 3.63) is 35.7 Å². The first-order valence-electron chi connectivity index (χ1n) is 5.61. The van der Waals surface area contributed by atoms with Crippen molar-refractivity contribution in [2.24, 2.45) is 5.73 Å². The molecule has 1 aromatic heterocycles. The van der Waals surface area contributed by atoms with Crippen LogP contribution >= 0.6 is 0 Å². The Morgan fingerprint density at radius 3 is 2.47 bits per heavy atom. The minimum absolute atomic E-state index is 0.262. The molecule has 5 heteroatoms. The first-order valence-corrected chi connectivity index (χ1v) is 5.61. The number of rotatable bonds is 4. The van der Waals surface area contributed by atoms with Crippen LogP contribution in [0.1, 0.15) is 18.4 Å². The minimum Gasteiger partial charge on any atom is -0.406 e. The predicted molar refractivity (Wildman–Crippen MR) is 66.0 cm³/mol. The van der Waals surface area contributed by atoms with Gasteiger partial charge in [-0.2, -0.15) is 0 Å². The van der Waals surface area contributed by atoms with E-state index in [2.05, 4.69) is 29.3 Å². The molecule has 0 fully saturated rings. The maximum atomic E-state index is 5.45. The molecule has 0 radical (unpaired) electrons. The summed E-state index contributed by atoms with van der Waals surface area (Å²) in [7, 11) is 0. The fourth-order valence-corrected chi connectivity index (χ4v) is 1.59. The smallest absolute Gasteiger partial charge is 0.322 e. The van der Waals surface area contributed by atoms with E-state index >= 15 is 0 Å². The van der Waals surface area contributed by atoms with Crippen LogP contribution in [0.5, 0.6) is 0 Å². The van der Waals surface area contributed by atoms with Gasteiger partial charge in [-0.15, -0.1) is 5.10 Å². The normalized spacial score (nSPS) is 10.5. The van der Waals surface area contributed by atoms with Gasteiger partial charge < -0.3 is 10.2 Å². The van der Waals surface area contributed by atoms with E-state index in [0.717, 1.165) is 12.2 Å². The van der Waals surface area contributed by atoms with E-state index in [0.29, 0.717) is 11.9 Å². The highest BCUT2D eigenvalue weighted by Crippen LogP contribution is 2.23. The molecule has 0 aliphatic rings. The van der Waals surface area contributed by atoms with Gasteiger partial charge in [-0.05, 0) is 26.0 Å². The van der Waals surface area contributed by atoms with Gasteiger partial charge >= 0.3 is 6.01 Å². The molecule has 1 aromatic carbocycles. The fraction of sp³-hybridized carbons (Fsp3) is 0.333. The first kappa shape index (κ1) is 11.6. The van der Waals surface area contributed by atoms with Crippen molar-refractivity contribution in [1.29, 1.82) is 0 Å². The number of nitrogens with zero attached hydrogens (tertiary/aromatic N) is 3. The summed E-state index contributed by atoms with van der Waals surface area (Å²) in [6.45, 7) is 5.11. The number of aromatic nitrogens is 2. The molecule has 0 saturated carbocycles. The summed E-state index contributed by atoms with van der Waals surface area (Å²) in [6.07, 6.45) is 0. The topological polar surface area (TPSA) is 68.2 Å². The predicted octanol–water partition coefficient (Wildman–Crippen LogP) is 1.99. The van der Waals surface area contributed by atoms with Crippen molar-refractivity contribution in [2.75, 3.05) is 11.4 Å². The van der Waals surface area contributed by atoms with Crippen molar-refractivity contribution >= 4 is 11.7 Å². The van der Waals surface area contributed by atoms with E-state index in [1.54, 1.807) is 0 Å². The second-order valence-electron chi connectivity index (χ2n) is 3.76. The van der Waals surface area contributed by atoms with Crippen LogP contribution in [0.3, 0.4) is 0 Å². The van der Waals surface area contributed by atoms with Gasteiger partial charge in [-0.25, -0.2) is 0 Å². The summed E-state index contributed by atoms with van der Waals surface area (Å²) in [5, 5.41) is 7.85. The van der Waals surface area contributed by atoms with Crippen molar-refractivity contribution in [3.8, 4) is 0 Å². The van der Waals surface area contributed by atoms with Crippen molar-refractivity contribution in [2.45, 2.75) is 20.4 Å². The van der Waals surface area contributed by atoms with E-state index in [1.165, 1.54) is 5.56 Å². The van der Waals surface area contributed by atoms with E-state index in [-0.39, 0.29) is 6.54 Å². The van der Waals surface area contributed by atoms with Crippen LogP contribution in [0.2, 0.25) is 0 Å². The fourth-order valence-electron chi connectivity index (χ4n) is 1.59. The molecule has 0 bridgehead atoms. The van der Waals surface area contributed by atoms with Gasteiger partial charge in [0.1, 0.15) is 0 Å². The SMILES string of the molecule is CCN(c1ccc(C)cc1)c1nnc(CN)o1. The van der Waals surface area contributed by atoms with Gasteiger partial charge in [-0.3, -0.25) is 4.90 Å². The third kappa shape index (κ3) is 2.45. The molecule has 17 heavy (non-hydrogen) atoms. The zero-order chi connectivity index (χ0) is 12.3. The molecule has 90 valence electrons. The molecule has 2 N–H and O–H groups in total. The average molecular weight is 232 g/mol. The molecular weight excluding hydrogens is 216 g/mol. The van der Waals surface area contributed by atoms with Crippen LogP contribution in [0.4, 0.5) is 11.7 Å². The Kier molecular flexibility index (Phi) is 3.39. The lowest BCUT2D eigenvalue weighted by Gasteiger charge is -2.17. The lowest BCUT2D eigenvalue weighted by molar-refractivity contribution is 0.497. The van der Waals surface area contributed by atoms with Gasteiger partial charge in [0.25, 0.3) is 0 Å². The molecule has 0 atom stereocenters. The minimum atomic E-state index is 0.262. The Hall–Kier alpha value is -1.88. The summed E-state index contributed by atoms with van der Waals surface area (Å²) in [4.78, 5) is 1.95. The molecule has 5 nitrogen and oxygen atoms in total. The molecule has 0 saturated heterocycles. The molecular formula is C12H16N4O. The molecule has 0 spiro atoms.